The number of nitrogens with one attached hydrogen (secondary N) is 2. The third-order valence-electron chi connectivity index (χ3n) is 8.27. The second-order valence-corrected chi connectivity index (χ2v) is 10.8. The zero-order valence-corrected chi connectivity index (χ0v) is 22.6. The number of nitrogens with zero attached hydrogens (tertiary/aromatic N) is 3. The number of ether oxygens (including phenoxy) is 1. The van der Waals surface area contributed by atoms with Crippen molar-refractivity contribution in [2.75, 3.05) is 39.6 Å². The van der Waals surface area contributed by atoms with E-state index in [9.17, 15) is 14.4 Å². The Bertz CT molecular complexity index is 1400. The summed E-state index contributed by atoms with van der Waals surface area (Å²) in [5.74, 6) is 0.582. The van der Waals surface area contributed by atoms with E-state index in [1.807, 2.05) is 56.3 Å². The summed E-state index contributed by atoms with van der Waals surface area (Å²) >= 11 is 0. The van der Waals surface area contributed by atoms with Gasteiger partial charge in [-0.1, -0.05) is 12.1 Å². The summed E-state index contributed by atoms with van der Waals surface area (Å²) in [5, 5.41) is 3.02. The van der Waals surface area contributed by atoms with Crippen LogP contribution >= 0.6 is 0 Å². The van der Waals surface area contributed by atoms with Gasteiger partial charge in [-0.2, -0.15) is 0 Å². The Morgan fingerprint density at radius 2 is 1.84 bits per heavy atom. The van der Waals surface area contributed by atoms with Crippen molar-refractivity contribution in [2.45, 2.75) is 51.1 Å². The largest absolute Gasteiger partial charge is 0.496 e. The summed E-state index contributed by atoms with van der Waals surface area (Å²) in [5.41, 5.74) is 3.43. The number of amides is 2. The number of benzene rings is 2. The monoisotopic (exact) mass is 519 g/mol. The number of anilines is 1. The maximum Gasteiger partial charge on any atom is 0.326 e. The van der Waals surface area contributed by atoms with Crippen LogP contribution in [0.5, 0.6) is 5.75 Å². The Kier molecular flexibility index (Phi) is 7.29. The normalized spacial score (nSPS) is 21.7. The molecule has 1 unspecified atom stereocenters. The smallest absolute Gasteiger partial charge is 0.326 e. The van der Waals surface area contributed by atoms with Gasteiger partial charge in [0.2, 0.25) is 5.91 Å². The first-order valence-electron chi connectivity index (χ1n) is 13.4. The molecule has 0 spiro atoms. The molecule has 5 rings (SSSR count). The SMILES string of the molecule is COc1cc(NC(=O)C2CCC(n3c(=O)[nH]c4c(C(=O)N5CCC(N(C)C)C5)cccc43)CC2)ccc1C. The van der Waals surface area contributed by atoms with Crippen molar-refractivity contribution in [3.63, 3.8) is 0 Å². The fourth-order valence-corrected chi connectivity index (χ4v) is 5.95. The molecular weight excluding hydrogens is 482 g/mol. The van der Waals surface area contributed by atoms with E-state index in [1.54, 1.807) is 17.7 Å². The van der Waals surface area contributed by atoms with E-state index in [1.165, 1.54) is 0 Å². The fourth-order valence-electron chi connectivity index (χ4n) is 5.95. The van der Waals surface area contributed by atoms with Crippen LogP contribution in [0.4, 0.5) is 5.69 Å². The van der Waals surface area contributed by atoms with Gasteiger partial charge in [-0.25, -0.2) is 4.79 Å². The number of likely N-dealkylation sites (tertiary alicyclic amines) is 1. The van der Waals surface area contributed by atoms with E-state index in [-0.39, 0.29) is 29.5 Å². The number of aromatic amines is 1. The summed E-state index contributed by atoms with van der Waals surface area (Å²) in [7, 11) is 5.69. The first kappa shape index (κ1) is 26.0. The lowest BCUT2D eigenvalue weighted by molar-refractivity contribution is -0.121. The first-order valence-corrected chi connectivity index (χ1v) is 13.4. The van der Waals surface area contributed by atoms with Crippen LogP contribution in [0.3, 0.4) is 0 Å². The van der Waals surface area contributed by atoms with Gasteiger partial charge in [0.05, 0.1) is 23.7 Å². The Hall–Kier alpha value is -3.59. The molecule has 202 valence electrons. The van der Waals surface area contributed by atoms with E-state index >= 15 is 0 Å². The molecule has 2 heterocycles. The number of H-pyrrole nitrogens is 1. The van der Waals surface area contributed by atoms with Gasteiger partial charge >= 0.3 is 5.69 Å². The van der Waals surface area contributed by atoms with Crippen LogP contribution in [0.25, 0.3) is 11.0 Å². The molecule has 1 aliphatic heterocycles. The van der Waals surface area contributed by atoms with Crippen molar-refractivity contribution >= 4 is 28.5 Å². The molecule has 1 saturated carbocycles. The maximum atomic E-state index is 13.4. The molecule has 2 aromatic carbocycles. The topological polar surface area (TPSA) is 99.7 Å². The molecule has 2 N–H and O–H groups in total. The predicted octanol–water partition coefficient (Wildman–Crippen LogP) is 3.79. The van der Waals surface area contributed by atoms with Crippen molar-refractivity contribution in [3.8, 4) is 5.75 Å². The Balaban J connectivity index is 1.29. The minimum atomic E-state index is -0.201. The van der Waals surface area contributed by atoms with Crippen LogP contribution in [-0.2, 0) is 4.79 Å². The van der Waals surface area contributed by atoms with E-state index in [0.29, 0.717) is 43.1 Å². The number of carbonyl (C=O) groups is 2. The fraction of sp³-hybridized carbons (Fsp3) is 0.483. The van der Waals surface area contributed by atoms with Gasteiger partial charge in [0.1, 0.15) is 5.75 Å². The van der Waals surface area contributed by atoms with Gasteiger partial charge < -0.3 is 24.8 Å². The molecule has 1 aliphatic carbocycles. The first-order chi connectivity index (χ1) is 18.3. The molecule has 3 aromatic rings. The number of para-hydroxylation sites is 1. The number of likely N-dealkylation sites (N-methyl/N-ethyl adjacent to an activating group) is 1. The molecule has 2 fully saturated rings. The quantitative estimate of drug-likeness (QED) is 0.516. The number of fused-ring (bicyclic) bond motifs is 1. The second-order valence-electron chi connectivity index (χ2n) is 10.8. The van der Waals surface area contributed by atoms with Crippen LogP contribution in [0.1, 0.15) is 54.1 Å². The van der Waals surface area contributed by atoms with Crippen LogP contribution < -0.4 is 15.7 Å². The van der Waals surface area contributed by atoms with Crippen molar-refractivity contribution in [2.24, 2.45) is 5.92 Å². The molecule has 1 atom stereocenters. The highest BCUT2D eigenvalue weighted by atomic mass is 16.5. The summed E-state index contributed by atoms with van der Waals surface area (Å²) in [6.45, 7) is 3.36. The molecule has 2 amide bonds. The summed E-state index contributed by atoms with van der Waals surface area (Å²) in [6.07, 6.45) is 3.77. The number of rotatable bonds is 6. The Morgan fingerprint density at radius 3 is 2.53 bits per heavy atom. The Labute approximate surface area is 222 Å². The third-order valence-corrected chi connectivity index (χ3v) is 8.27. The molecule has 1 saturated heterocycles. The van der Waals surface area contributed by atoms with Crippen LogP contribution in [0.15, 0.2) is 41.2 Å². The standard InChI is InChI=1S/C29H37N5O4/c1-18-8-11-20(16-25(18)38-4)30-27(35)19-9-12-21(13-10-19)34-24-7-5-6-23(26(24)31-29(34)37)28(36)33-15-14-22(17-33)32(2)3/h5-8,11,16,19,21-22H,9-10,12-15,17H2,1-4H3,(H,30,35)(H,31,37). The molecule has 9 nitrogen and oxygen atoms in total. The van der Waals surface area contributed by atoms with Crippen LogP contribution in [0, 0.1) is 12.8 Å². The van der Waals surface area contributed by atoms with Crippen LogP contribution in [0.2, 0.25) is 0 Å². The van der Waals surface area contributed by atoms with E-state index in [2.05, 4.69) is 15.2 Å². The zero-order chi connectivity index (χ0) is 27.0. The van der Waals surface area contributed by atoms with Crippen molar-refractivity contribution in [1.82, 2.24) is 19.4 Å². The molecule has 9 heteroatoms. The van der Waals surface area contributed by atoms with Crippen molar-refractivity contribution in [1.29, 1.82) is 0 Å². The lowest BCUT2D eigenvalue weighted by Crippen LogP contribution is -2.34. The average molecular weight is 520 g/mol. The summed E-state index contributed by atoms with van der Waals surface area (Å²) in [6, 6.07) is 11.5. The van der Waals surface area contributed by atoms with Crippen LogP contribution in [-0.4, -0.2) is 71.5 Å². The van der Waals surface area contributed by atoms with Crippen molar-refractivity contribution in [3.05, 3.63) is 58.0 Å². The van der Waals surface area contributed by atoms with Gasteiger partial charge in [0, 0.05) is 42.8 Å². The van der Waals surface area contributed by atoms with Gasteiger partial charge in [0.25, 0.3) is 5.91 Å². The second kappa shape index (κ2) is 10.6. The van der Waals surface area contributed by atoms with Gasteiger partial charge in [-0.3, -0.25) is 14.2 Å². The summed E-state index contributed by atoms with van der Waals surface area (Å²) in [4.78, 5) is 46.4. The number of methoxy groups -OCH3 is 1. The van der Waals surface area contributed by atoms with E-state index in [0.717, 1.165) is 41.8 Å². The molecule has 38 heavy (non-hydrogen) atoms. The number of aryl methyl sites for hydroxylation is 1. The summed E-state index contributed by atoms with van der Waals surface area (Å²) < 4.78 is 7.16. The zero-order valence-electron chi connectivity index (χ0n) is 22.6. The molecular formula is C29H37N5O4. The Morgan fingerprint density at radius 1 is 1.08 bits per heavy atom. The van der Waals surface area contributed by atoms with E-state index in [4.69, 9.17) is 4.74 Å². The highest BCUT2D eigenvalue weighted by molar-refractivity contribution is 6.05. The number of imidazole rings is 1. The average Bonchev–Trinajstić information content (AvgIpc) is 3.54. The minimum Gasteiger partial charge on any atom is -0.496 e. The number of carbonyl (C=O) groups excluding carboxylic acids is 2. The maximum absolute atomic E-state index is 13.4. The lowest BCUT2D eigenvalue weighted by Gasteiger charge is -2.28. The number of aromatic nitrogens is 2. The number of hydrogen-bond acceptors (Lipinski definition) is 5. The number of hydrogen-bond donors (Lipinski definition) is 2. The van der Waals surface area contributed by atoms with Crippen molar-refractivity contribution < 1.29 is 14.3 Å². The molecule has 1 aromatic heterocycles. The lowest BCUT2D eigenvalue weighted by atomic mass is 9.85. The van der Waals surface area contributed by atoms with Gasteiger partial charge in [-0.05, 0) is 76.9 Å². The van der Waals surface area contributed by atoms with Gasteiger partial charge in [-0.15, -0.1) is 0 Å². The molecule has 0 radical (unpaired) electrons. The predicted molar refractivity (Wildman–Crippen MR) is 148 cm³/mol. The molecule has 0 bridgehead atoms. The highest BCUT2D eigenvalue weighted by Crippen LogP contribution is 2.34. The third kappa shape index (κ3) is 4.95. The van der Waals surface area contributed by atoms with E-state index < -0.39 is 0 Å². The molecule has 2 aliphatic rings. The van der Waals surface area contributed by atoms with Gasteiger partial charge in [0.15, 0.2) is 0 Å². The highest BCUT2D eigenvalue weighted by Gasteiger charge is 2.32. The minimum absolute atomic E-state index is 0.00449.